The molecule has 5 rings (SSSR count). The second kappa shape index (κ2) is 6.83. The maximum absolute atomic E-state index is 6.06. The number of likely N-dealkylation sites (tertiary alicyclic amines) is 1. The Morgan fingerprint density at radius 2 is 1.96 bits per heavy atom. The van der Waals surface area contributed by atoms with Gasteiger partial charge in [-0.05, 0) is 18.9 Å². The molecule has 0 spiro atoms. The molecule has 0 saturated carbocycles. The highest BCUT2D eigenvalue weighted by molar-refractivity contribution is 14.0. The van der Waals surface area contributed by atoms with E-state index in [9.17, 15) is 0 Å². The van der Waals surface area contributed by atoms with Gasteiger partial charge in [0.15, 0.2) is 17.5 Å². The Morgan fingerprint density at radius 1 is 1.20 bits per heavy atom. The molecule has 0 aromatic heterocycles. The summed E-state index contributed by atoms with van der Waals surface area (Å²) in [6.07, 6.45) is 3.43. The van der Waals surface area contributed by atoms with Gasteiger partial charge in [-0.2, -0.15) is 0 Å². The van der Waals surface area contributed by atoms with Crippen LogP contribution in [-0.4, -0.2) is 50.0 Å². The molecule has 0 amide bonds. The maximum atomic E-state index is 6.06. The van der Waals surface area contributed by atoms with Crippen LogP contribution in [0.1, 0.15) is 18.4 Å². The van der Waals surface area contributed by atoms with Crippen molar-refractivity contribution in [1.82, 2.24) is 10.2 Å². The van der Waals surface area contributed by atoms with Crippen molar-refractivity contribution in [3.63, 3.8) is 0 Å². The number of hydrogen-bond donors (Lipinski definition) is 1. The van der Waals surface area contributed by atoms with Crippen molar-refractivity contribution in [2.75, 3.05) is 26.9 Å². The summed E-state index contributed by atoms with van der Waals surface area (Å²) in [6.45, 7) is 3.10. The van der Waals surface area contributed by atoms with Crippen LogP contribution in [0.25, 0.3) is 0 Å². The van der Waals surface area contributed by atoms with Gasteiger partial charge in [-0.25, -0.2) is 0 Å². The average molecular weight is 457 g/mol. The number of rotatable bonds is 2. The number of para-hydroxylation sites is 1. The highest BCUT2D eigenvalue weighted by Gasteiger charge is 2.53. The molecular weight excluding hydrogens is 433 g/mol. The first kappa shape index (κ1) is 17.2. The fourth-order valence-electron chi connectivity index (χ4n) is 4.77. The number of nitrogens with zero attached hydrogens (tertiary/aromatic N) is 2. The fourth-order valence-corrected chi connectivity index (χ4v) is 4.77. The third kappa shape index (κ3) is 2.85. The van der Waals surface area contributed by atoms with Crippen molar-refractivity contribution in [2.24, 2.45) is 16.8 Å². The smallest absolute Gasteiger partial charge is 0.231 e. The van der Waals surface area contributed by atoms with Crippen molar-refractivity contribution < 1.29 is 14.2 Å². The zero-order valence-corrected chi connectivity index (χ0v) is 16.6. The minimum atomic E-state index is 0. The van der Waals surface area contributed by atoms with Crippen molar-refractivity contribution in [3.05, 3.63) is 23.8 Å². The van der Waals surface area contributed by atoms with Crippen LogP contribution >= 0.6 is 24.0 Å². The Bertz CT molecular complexity index is 666. The van der Waals surface area contributed by atoms with Crippen LogP contribution in [0.3, 0.4) is 0 Å². The lowest BCUT2D eigenvalue weighted by atomic mass is 9.82. The Hall–Kier alpha value is -1.22. The van der Waals surface area contributed by atoms with Gasteiger partial charge >= 0.3 is 0 Å². The van der Waals surface area contributed by atoms with Crippen LogP contribution in [-0.2, 0) is 11.3 Å². The molecule has 1 aromatic rings. The van der Waals surface area contributed by atoms with E-state index in [4.69, 9.17) is 14.2 Å². The van der Waals surface area contributed by atoms with Gasteiger partial charge in [0.2, 0.25) is 6.79 Å². The van der Waals surface area contributed by atoms with Crippen LogP contribution in [0.2, 0.25) is 0 Å². The first-order valence-electron chi connectivity index (χ1n) is 8.82. The number of nitrogens with one attached hydrogen (secondary N) is 1. The van der Waals surface area contributed by atoms with Crippen molar-refractivity contribution in [3.8, 4) is 11.5 Å². The molecule has 6 nitrogen and oxygen atoms in total. The van der Waals surface area contributed by atoms with Gasteiger partial charge in [0, 0.05) is 44.1 Å². The van der Waals surface area contributed by atoms with E-state index >= 15 is 0 Å². The first-order valence-corrected chi connectivity index (χ1v) is 8.82. The molecular formula is C18H24IN3O3. The molecule has 25 heavy (non-hydrogen) atoms. The molecule has 4 heterocycles. The van der Waals surface area contributed by atoms with E-state index < -0.39 is 0 Å². The summed E-state index contributed by atoms with van der Waals surface area (Å²) < 4.78 is 17.1. The average Bonchev–Trinajstić information content (AvgIpc) is 3.35. The number of fused-ring (bicyclic) bond motifs is 6. The number of guanidine groups is 1. The minimum Gasteiger partial charge on any atom is -0.454 e. The summed E-state index contributed by atoms with van der Waals surface area (Å²) in [6, 6.07) is 6.02. The standard InChI is InChI=1S/C18H23N3O3.HI/c1-19-18(20-7-11-3-2-4-16-17(11)23-10-22-16)21-8-12-13(9-21)15-6-5-14(12)24-15;/h2-4,12-15H,5-10H2,1H3,(H,19,20);1H. The van der Waals surface area contributed by atoms with Gasteiger partial charge in [0.25, 0.3) is 0 Å². The second-order valence-electron chi connectivity index (χ2n) is 7.07. The number of benzene rings is 1. The van der Waals surface area contributed by atoms with E-state index in [0.29, 0.717) is 37.4 Å². The summed E-state index contributed by atoms with van der Waals surface area (Å²) in [5, 5.41) is 3.50. The molecule has 4 unspecified atom stereocenters. The van der Waals surface area contributed by atoms with Crippen LogP contribution in [0.15, 0.2) is 23.2 Å². The molecule has 3 saturated heterocycles. The molecule has 2 bridgehead atoms. The van der Waals surface area contributed by atoms with Crippen molar-refractivity contribution in [2.45, 2.75) is 31.6 Å². The molecule has 136 valence electrons. The predicted molar refractivity (Wildman–Crippen MR) is 105 cm³/mol. The Kier molecular flexibility index (Phi) is 4.70. The van der Waals surface area contributed by atoms with Crippen molar-refractivity contribution >= 4 is 29.9 Å². The first-order chi connectivity index (χ1) is 11.8. The van der Waals surface area contributed by atoms with E-state index in [2.05, 4.69) is 21.3 Å². The zero-order chi connectivity index (χ0) is 16.1. The Morgan fingerprint density at radius 3 is 2.68 bits per heavy atom. The molecule has 4 atom stereocenters. The van der Waals surface area contributed by atoms with Gasteiger partial charge in [0.1, 0.15) is 0 Å². The van der Waals surface area contributed by atoms with Crippen LogP contribution in [0.5, 0.6) is 11.5 Å². The zero-order valence-electron chi connectivity index (χ0n) is 14.3. The minimum absolute atomic E-state index is 0. The predicted octanol–water partition coefficient (Wildman–Crippen LogP) is 2.22. The van der Waals surface area contributed by atoms with E-state index in [1.165, 1.54) is 12.8 Å². The van der Waals surface area contributed by atoms with Gasteiger partial charge in [-0.15, -0.1) is 24.0 Å². The van der Waals surface area contributed by atoms with Gasteiger partial charge in [-0.1, -0.05) is 12.1 Å². The summed E-state index contributed by atoms with van der Waals surface area (Å²) in [5.74, 6) is 4.01. The summed E-state index contributed by atoms with van der Waals surface area (Å²) >= 11 is 0. The third-order valence-corrected chi connectivity index (χ3v) is 5.88. The quantitative estimate of drug-likeness (QED) is 0.420. The molecule has 1 aromatic carbocycles. The van der Waals surface area contributed by atoms with E-state index in [-0.39, 0.29) is 24.0 Å². The summed E-state index contributed by atoms with van der Waals surface area (Å²) in [4.78, 5) is 6.89. The van der Waals surface area contributed by atoms with Gasteiger partial charge in [0.05, 0.1) is 12.2 Å². The Balaban J connectivity index is 0.00000157. The third-order valence-electron chi connectivity index (χ3n) is 5.88. The number of ether oxygens (including phenoxy) is 3. The summed E-state index contributed by atoms with van der Waals surface area (Å²) in [5.41, 5.74) is 1.11. The molecule has 4 aliphatic rings. The van der Waals surface area contributed by atoms with Crippen LogP contribution in [0, 0.1) is 11.8 Å². The molecule has 1 N–H and O–H groups in total. The lowest BCUT2D eigenvalue weighted by molar-refractivity contribution is 0.0767. The highest BCUT2D eigenvalue weighted by atomic mass is 127. The fraction of sp³-hybridized carbons (Fsp3) is 0.611. The number of aliphatic imine (C=N–C) groups is 1. The Labute approximate surface area is 164 Å². The second-order valence-corrected chi connectivity index (χ2v) is 7.07. The monoisotopic (exact) mass is 457 g/mol. The molecule has 7 heteroatoms. The lowest BCUT2D eigenvalue weighted by Crippen LogP contribution is -2.41. The van der Waals surface area contributed by atoms with E-state index in [1.54, 1.807) is 0 Å². The molecule has 4 aliphatic heterocycles. The maximum Gasteiger partial charge on any atom is 0.231 e. The summed E-state index contributed by atoms with van der Waals surface area (Å²) in [7, 11) is 1.86. The normalized spacial score (nSPS) is 31.9. The van der Waals surface area contributed by atoms with Gasteiger partial charge in [-0.3, -0.25) is 4.99 Å². The van der Waals surface area contributed by atoms with Crippen molar-refractivity contribution in [1.29, 1.82) is 0 Å². The van der Waals surface area contributed by atoms with E-state index in [1.807, 2.05) is 19.2 Å². The number of hydrogen-bond acceptors (Lipinski definition) is 4. The van der Waals surface area contributed by atoms with Gasteiger partial charge < -0.3 is 24.4 Å². The lowest BCUT2D eigenvalue weighted by Gasteiger charge is -2.23. The van der Waals surface area contributed by atoms with Crippen LogP contribution in [0.4, 0.5) is 0 Å². The largest absolute Gasteiger partial charge is 0.454 e. The van der Waals surface area contributed by atoms with Crippen LogP contribution < -0.4 is 14.8 Å². The molecule has 0 aliphatic carbocycles. The number of halogens is 1. The molecule has 3 fully saturated rings. The topological polar surface area (TPSA) is 55.3 Å². The highest BCUT2D eigenvalue weighted by Crippen LogP contribution is 2.47. The molecule has 0 radical (unpaired) electrons. The van der Waals surface area contributed by atoms with E-state index in [0.717, 1.165) is 36.1 Å². The SMILES string of the molecule is CN=C(NCc1cccc2c1OCO2)N1CC2C3CCC(O3)C2C1.I.